The predicted octanol–water partition coefficient (Wildman–Crippen LogP) is 5.54. The van der Waals surface area contributed by atoms with Crippen molar-refractivity contribution in [2.75, 3.05) is 13.2 Å². The first-order valence-corrected chi connectivity index (χ1v) is 9.75. The third kappa shape index (κ3) is 9.71. The quantitative estimate of drug-likeness (QED) is 0.330. The number of hydrogen-bond acceptors (Lipinski definition) is 2. The van der Waals surface area contributed by atoms with E-state index in [1.165, 1.54) is 37.7 Å². The Balaban J connectivity index is 2.27. The van der Waals surface area contributed by atoms with Crippen LogP contribution >= 0.6 is 0 Å². The van der Waals surface area contributed by atoms with E-state index in [0.717, 1.165) is 25.7 Å². The van der Waals surface area contributed by atoms with Crippen molar-refractivity contribution in [2.24, 2.45) is 0 Å². The van der Waals surface area contributed by atoms with Crippen LogP contribution in [0.25, 0.3) is 0 Å². The van der Waals surface area contributed by atoms with Crippen molar-refractivity contribution in [3.05, 3.63) is 35.9 Å². The number of amides is 1. The zero-order chi connectivity index (χ0) is 17.5. The summed E-state index contributed by atoms with van der Waals surface area (Å²) in [7, 11) is 0. The second-order valence-corrected chi connectivity index (χ2v) is 6.44. The van der Waals surface area contributed by atoms with E-state index >= 15 is 0 Å². The Morgan fingerprint density at radius 1 is 0.917 bits per heavy atom. The summed E-state index contributed by atoms with van der Waals surface area (Å²) in [5.74, 6) is 0.132. The molecule has 24 heavy (non-hydrogen) atoms. The van der Waals surface area contributed by atoms with E-state index in [2.05, 4.69) is 26.0 Å². The van der Waals surface area contributed by atoms with Gasteiger partial charge >= 0.3 is 0 Å². The first-order valence-electron chi connectivity index (χ1n) is 9.75. The zero-order valence-electron chi connectivity index (χ0n) is 15.6. The molecule has 3 nitrogen and oxygen atoms in total. The highest BCUT2D eigenvalue weighted by Crippen LogP contribution is 2.11. The van der Waals surface area contributed by atoms with Crippen LogP contribution in [0.3, 0.4) is 0 Å². The molecule has 1 aromatic carbocycles. The van der Waals surface area contributed by atoms with Gasteiger partial charge in [0.2, 0.25) is 5.91 Å². The third-order valence-corrected chi connectivity index (χ3v) is 4.17. The molecular formula is C21H35NO2. The van der Waals surface area contributed by atoms with Crippen molar-refractivity contribution in [1.82, 2.24) is 5.06 Å². The van der Waals surface area contributed by atoms with Crippen LogP contribution in [0, 0.1) is 0 Å². The number of benzene rings is 1. The number of unbranched alkanes of at least 4 members (excludes halogenated alkanes) is 6. The number of rotatable bonds is 14. The Bertz CT molecular complexity index is 419. The molecule has 1 rings (SSSR count). The van der Waals surface area contributed by atoms with Crippen molar-refractivity contribution >= 4 is 5.91 Å². The normalized spacial score (nSPS) is 10.8. The van der Waals surface area contributed by atoms with Gasteiger partial charge in [-0.15, -0.1) is 0 Å². The number of carbonyl (C=O) groups is 1. The maximum atomic E-state index is 12.4. The van der Waals surface area contributed by atoms with Crippen molar-refractivity contribution in [2.45, 2.75) is 78.1 Å². The summed E-state index contributed by atoms with van der Waals surface area (Å²) in [6, 6.07) is 10.3. The number of nitrogens with zero attached hydrogens (tertiary/aromatic N) is 1. The van der Waals surface area contributed by atoms with Crippen LogP contribution in [0.2, 0.25) is 0 Å². The minimum absolute atomic E-state index is 0.132. The summed E-state index contributed by atoms with van der Waals surface area (Å²) in [6.07, 6.45) is 11.0. The fourth-order valence-corrected chi connectivity index (χ4v) is 2.70. The fourth-order valence-electron chi connectivity index (χ4n) is 2.70. The van der Waals surface area contributed by atoms with Gasteiger partial charge < -0.3 is 0 Å². The molecule has 0 unspecified atom stereocenters. The lowest BCUT2D eigenvalue weighted by molar-refractivity contribution is -0.186. The Labute approximate surface area is 148 Å². The van der Waals surface area contributed by atoms with Gasteiger partial charge in [0.05, 0.1) is 13.2 Å². The van der Waals surface area contributed by atoms with E-state index in [1.807, 2.05) is 18.2 Å². The molecule has 136 valence electrons. The lowest BCUT2D eigenvalue weighted by atomic mass is 10.1. The standard InChI is InChI=1S/C21H35NO2/c1-3-5-6-7-8-9-13-16-21(23)22(24-19-4-2)18-17-20-14-11-10-12-15-20/h10-12,14-15H,3-9,13,16-19H2,1-2H3. The van der Waals surface area contributed by atoms with Gasteiger partial charge in [0.1, 0.15) is 0 Å². The second-order valence-electron chi connectivity index (χ2n) is 6.44. The van der Waals surface area contributed by atoms with Gasteiger partial charge in [0.15, 0.2) is 0 Å². The molecule has 0 N–H and O–H groups in total. The summed E-state index contributed by atoms with van der Waals surface area (Å²) in [6.45, 7) is 5.55. The Morgan fingerprint density at radius 3 is 2.25 bits per heavy atom. The maximum Gasteiger partial charge on any atom is 0.246 e. The molecule has 0 bridgehead atoms. The monoisotopic (exact) mass is 333 g/mol. The molecule has 0 aromatic heterocycles. The molecule has 0 saturated heterocycles. The van der Waals surface area contributed by atoms with E-state index in [4.69, 9.17) is 4.84 Å². The topological polar surface area (TPSA) is 29.5 Å². The molecule has 0 aliphatic heterocycles. The van der Waals surface area contributed by atoms with Gasteiger partial charge in [0, 0.05) is 6.42 Å². The molecule has 1 amide bonds. The van der Waals surface area contributed by atoms with E-state index in [9.17, 15) is 4.79 Å². The van der Waals surface area contributed by atoms with Crippen molar-refractivity contribution < 1.29 is 9.63 Å². The van der Waals surface area contributed by atoms with Crippen LogP contribution < -0.4 is 0 Å². The number of carbonyl (C=O) groups excluding carboxylic acids is 1. The maximum absolute atomic E-state index is 12.4. The van der Waals surface area contributed by atoms with Crippen LogP contribution in [-0.4, -0.2) is 24.1 Å². The molecule has 0 aliphatic carbocycles. The highest BCUT2D eigenvalue weighted by Gasteiger charge is 2.13. The average Bonchev–Trinajstić information content (AvgIpc) is 2.61. The molecular weight excluding hydrogens is 298 g/mol. The predicted molar refractivity (Wildman–Crippen MR) is 101 cm³/mol. The highest BCUT2D eigenvalue weighted by molar-refractivity contribution is 5.75. The number of hydrogen-bond donors (Lipinski definition) is 0. The largest absolute Gasteiger partial charge is 0.273 e. The summed E-state index contributed by atoms with van der Waals surface area (Å²) < 4.78 is 0. The second kappa shape index (κ2) is 14.0. The van der Waals surface area contributed by atoms with E-state index in [-0.39, 0.29) is 5.91 Å². The molecule has 1 aromatic rings. The molecule has 0 saturated carbocycles. The van der Waals surface area contributed by atoms with Crippen LogP contribution in [0.4, 0.5) is 0 Å². The van der Waals surface area contributed by atoms with Gasteiger partial charge in [-0.1, -0.05) is 82.7 Å². The van der Waals surface area contributed by atoms with E-state index < -0.39 is 0 Å². The Morgan fingerprint density at radius 2 is 1.58 bits per heavy atom. The molecule has 0 aliphatic rings. The van der Waals surface area contributed by atoms with Gasteiger partial charge in [-0.25, -0.2) is 5.06 Å². The lowest BCUT2D eigenvalue weighted by Gasteiger charge is -2.22. The van der Waals surface area contributed by atoms with Crippen LogP contribution in [0.15, 0.2) is 30.3 Å². The minimum atomic E-state index is 0.132. The summed E-state index contributed by atoms with van der Waals surface area (Å²) >= 11 is 0. The number of hydroxylamine groups is 2. The van der Waals surface area contributed by atoms with E-state index in [0.29, 0.717) is 19.6 Å². The van der Waals surface area contributed by atoms with Crippen molar-refractivity contribution in [3.63, 3.8) is 0 Å². The SMILES string of the molecule is CCCCCCCCCC(=O)N(CCc1ccccc1)OCCC. The van der Waals surface area contributed by atoms with Gasteiger partial charge in [-0.2, -0.15) is 0 Å². The van der Waals surface area contributed by atoms with Gasteiger partial charge in [-0.05, 0) is 24.8 Å². The first kappa shape index (κ1) is 20.7. The Hall–Kier alpha value is -1.35. The highest BCUT2D eigenvalue weighted by atomic mass is 16.7. The molecule has 3 heteroatoms. The van der Waals surface area contributed by atoms with Crippen LogP contribution in [-0.2, 0) is 16.1 Å². The lowest BCUT2D eigenvalue weighted by Crippen LogP contribution is -2.33. The van der Waals surface area contributed by atoms with Crippen LogP contribution in [0.5, 0.6) is 0 Å². The zero-order valence-corrected chi connectivity index (χ0v) is 15.6. The molecule has 0 heterocycles. The smallest absolute Gasteiger partial charge is 0.246 e. The average molecular weight is 334 g/mol. The molecule has 0 spiro atoms. The molecule has 0 radical (unpaired) electrons. The summed E-state index contributed by atoms with van der Waals surface area (Å²) in [5.41, 5.74) is 1.24. The third-order valence-electron chi connectivity index (χ3n) is 4.17. The summed E-state index contributed by atoms with van der Waals surface area (Å²) in [4.78, 5) is 18.1. The van der Waals surface area contributed by atoms with Crippen molar-refractivity contribution in [3.8, 4) is 0 Å². The fraction of sp³-hybridized carbons (Fsp3) is 0.667. The van der Waals surface area contributed by atoms with E-state index in [1.54, 1.807) is 5.06 Å². The first-order chi connectivity index (χ1) is 11.8. The van der Waals surface area contributed by atoms with Gasteiger partial charge in [-0.3, -0.25) is 9.63 Å². The van der Waals surface area contributed by atoms with Crippen molar-refractivity contribution in [1.29, 1.82) is 0 Å². The van der Waals surface area contributed by atoms with Crippen LogP contribution in [0.1, 0.15) is 77.2 Å². The molecule has 0 fully saturated rings. The summed E-state index contributed by atoms with van der Waals surface area (Å²) in [5, 5.41) is 1.59. The molecule has 0 atom stereocenters. The minimum Gasteiger partial charge on any atom is -0.273 e. The Kier molecular flexibility index (Phi) is 12.1. The van der Waals surface area contributed by atoms with Gasteiger partial charge in [0.25, 0.3) is 0 Å².